The molecule has 2 aromatic heterocycles. The highest BCUT2D eigenvalue weighted by Crippen LogP contribution is 2.18. The summed E-state index contributed by atoms with van der Waals surface area (Å²) in [7, 11) is 0. The summed E-state index contributed by atoms with van der Waals surface area (Å²) in [5, 5.41) is 5.52. The molecule has 0 saturated heterocycles. The van der Waals surface area contributed by atoms with Gasteiger partial charge in [0.2, 0.25) is 11.1 Å². The molecule has 0 radical (unpaired) electrons. The molecule has 0 fully saturated rings. The number of guanidine groups is 1. The van der Waals surface area contributed by atoms with Crippen LogP contribution < -0.4 is 11.1 Å². The van der Waals surface area contributed by atoms with Crippen molar-refractivity contribution in [3.05, 3.63) is 71.4 Å². The molecule has 3 aromatic rings. The number of nitrogens with two attached hydrogens (primary N) is 1. The van der Waals surface area contributed by atoms with E-state index in [4.69, 9.17) is 5.73 Å². The number of hydrogen-bond acceptors (Lipinski definition) is 4. The normalized spacial score (nSPS) is 11.4. The first-order chi connectivity index (χ1) is 10.8. The first-order valence-electron chi connectivity index (χ1n) is 6.80. The average Bonchev–Trinajstić information content (AvgIpc) is 3.03. The van der Waals surface area contributed by atoms with E-state index >= 15 is 0 Å². The van der Waals surface area contributed by atoms with Crippen LogP contribution in [-0.4, -0.2) is 15.9 Å². The van der Waals surface area contributed by atoms with Gasteiger partial charge in [0.15, 0.2) is 0 Å². The fraction of sp³-hybridized carbons (Fsp3) is 0.0625. The molecule has 110 valence electrons. The van der Waals surface area contributed by atoms with Crippen molar-refractivity contribution in [2.75, 3.05) is 5.32 Å². The third-order valence-electron chi connectivity index (χ3n) is 3.01. The van der Waals surface area contributed by atoms with Crippen LogP contribution in [0.3, 0.4) is 0 Å². The summed E-state index contributed by atoms with van der Waals surface area (Å²) in [5.41, 5.74) is 8.20. The quantitative estimate of drug-likeness (QED) is 0.573. The number of nitrogens with zero attached hydrogens (tertiary/aromatic N) is 3. The van der Waals surface area contributed by atoms with Crippen molar-refractivity contribution in [3.8, 4) is 0 Å². The van der Waals surface area contributed by atoms with E-state index in [-0.39, 0.29) is 5.96 Å². The summed E-state index contributed by atoms with van der Waals surface area (Å²) in [4.78, 5) is 12.6. The molecule has 6 heteroatoms. The van der Waals surface area contributed by atoms with E-state index in [1.165, 1.54) is 16.9 Å². The first kappa shape index (κ1) is 14.2. The fourth-order valence-electron chi connectivity index (χ4n) is 2.03. The minimum absolute atomic E-state index is 0.281. The van der Waals surface area contributed by atoms with Crippen LogP contribution in [-0.2, 0) is 6.42 Å². The number of nitrogens with one attached hydrogen (secondary N) is 1. The minimum Gasteiger partial charge on any atom is -0.369 e. The third kappa shape index (κ3) is 3.67. The summed E-state index contributed by atoms with van der Waals surface area (Å²) in [5.74, 6) is 0.993. The van der Waals surface area contributed by atoms with Gasteiger partial charge in [-0.1, -0.05) is 36.4 Å². The highest BCUT2D eigenvalue weighted by atomic mass is 32.1. The molecular formula is C16H15N5S. The van der Waals surface area contributed by atoms with Crippen LogP contribution in [0.1, 0.15) is 11.1 Å². The molecule has 3 rings (SSSR count). The topological polar surface area (TPSA) is 76.2 Å². The zero-order valence-corrected chi connectivity index (χ0v) is 12.6. The van der Waals surface area contributed by atoms with Crippen LogP contribution in [0.5, 0.6) is 0 Å². The molecule has 0 saturated carbocycles. The van der Waals surface area contributed by atoms with Crippen LogP contribution in [0.2, 0.25) is 0 Å². The van der Waals surface area contributed by atoms with Gasteiger partial charge in [0.1, 0.15) is 5.82 Å². The van der Waals surface area contributed by atoms with E-state index in [0.29, 0.717) is 10.9 Å². The van der Waals surface area contributed by atoms with Crippen molar-refractivity contribution in [2.24, 2.45) is 10.7 Å². The van der Waals surface area contributed by atoms with E-state index in [2.05, 4.69) is 32.4 Å². The average molecular weight is 309 g/mol. The lowest BCUT2D eigenvalue weighted by molar-refractivity contribution is 1.15. The second kappa shape index (κ2) is 6.82. The molecule has 0 aliphatic carbocycles. The Balaban J connectivity index is 1.79. The Labute approximate surface area is 132 Å². The van der Waals surface area contributed by atoms with Gasteiger partial charge in [-0.25, -0.2) is 9.97 Å². The number of hydrogen-bond donors (Lipinski definition) is 2. The smallest absolute Gasteiger partial charge is 0.212 e. The molecule has 1 aromatic carbocycles. The standard InChI is InChI=1S/C16H15N5S/c17-15(21-16-19-9-10-22-16)20-14-13(7-4-8-18-14)11-12-5-2-1-3-6-12/h1-10H,11H2,(H3,17,18,19,20,21). The maximum Gasteiger partial charge on any atom is 0.212 e. The Hall–Kier alpha value is -2.73. The largest absolute Gasteiger partial charge is 0.369 e. The van der Waals surface area contributed by atoms with Crippen LogP contribution in [0, 0.1) is 0 Å². The lowest BCUT2D eigenvalue weighted by Gasteiger charge is -2.10. The summed E-state index contributed by atoms with van der Waals surface area (Å²) >= 11 is 1.43. The van der Waals surface area contributed by atoms with E-state index in [1.807, 2.05) is 35.7 Å². The van der Waals surface area contributed by atoms with Crippen LogP contribution in [0.25, 0.3) is 0 Å². The highest BCUT2D eigenvalue weighted by molar-refractivity contribution is 7.13. The van der Waals surface area contributed by atoms with Gasteiger partial charge in [0.05, 0.1) is 0 Å². The van der Waals surface area contributed by atoms with Crippen molar-refractivity contribution < 1.29 is 0 Å². The molecule has 3 N–H and O–H groups in total. The second-order valence-corrected chi connectivity index (χ2v) is 5.48. The Morgan fingerprint density at radius 3 is 2.73 bits per heavy atom. The zero-order valence-electron chi connectivity index (χ0n) is 11.8. The van der Waals surface area contributed by atoms with Crippen LogP contribution >= 0.6 is 11.3 Å². The Kier molecular flexibility index (Phi) is 4.41. The molecule has 0 spiro atoms. The van der Waals surface area contributed by atoms with Gasteiger partial charge < -0.3 is 11.1 Å². The fourth-order valence-corrected chi connectivity index (χ4v) is 2.55. The van der Waals surface area contributed by atoms with Gasteiger partial charge in [-0.05, 0) is 17.2 Å². The van der Waals surface area contributed by atoms with Crippen molar-refractivity contribution in [3.63, 3.8) is 0 Å². The van der Waals surface area contributed by atoms with Crippen molar-refractivity contribution in [2.45, 2.75) is 6.42 Å². The monoisotopic (exact) mass is 309 g/mol. The van der Waals surface area contributed by atoms with E-state index in [1.54, 1.807) is 12.4 Å². The van der Waals surface area contributed by atoms with Gasteiger partial charge in [-0.15, -0.1) is 11.3 Å². The summed E-state index contributed by atoms with van der Waals surface area (Å²) in [6.45, 7) is 0. The first-order valence-corrected chi connectivity index (χ1v) is 7.68. The predicted octanol–water partition coefficient (Wildman–Crippen LogP) is 3.19. The van der Waals surface area contributed by atoms with Crippen LogP contribution in [0.4, 0.5) is 10.9 Å². The maximum atomic E-state index is 5.92. The van der Waals surface area contributed by atoms with Gasteiger partial charge in [0, 0.05) is 24.2 Å². The second-order valence-electron chi connectivity index (χ2n) is 4.61. The maximum absolute atomic E-state index is 5.92. The molecule has 0 atom stereocenters. The number of benzene rings is 1. The van der Waals surface area contributed by atoms with E-state index in [9.17, 15) is 0 Å². The summed E-state index contributed by atoms with van der Waals surface area (Å²) in [6, 6.07) is 14.2. The molecule has 0 aliphatic rings. The van der Waals surface area contributed by atoms with E-state index in [0.717, 1.165) is 12.0 Å². The van der Waals surface area contributed by atoms with Gasteiger partial charge in [-0.3, -0.25) is 0 Å². The summed E-state index contributed by atoms with van der Waals surface area (Å²) < 4.78 is 0. The molecule has 0 unspecified atom stereocenters. The number of rotatable bonds is 4. The molecule has 22 heavy (non-hydrogen) atoms. The third-order valence-corrected chi connectivity index (χ3v) is 3.68. The number of pyridine rings is 1. The number of aromatic nitrogens is 2. The molecule has 0 aliphatic heterocycles. The zero-order chi connectivity index (χ0) is 15.2. The Morgan fingerprint density at radius 1 is 1.09 bits per heavy atom. The SMILES string of the molecule is N/C(=N\c1nccs1)Nc1ncccc1Cc1ccccc1. The predicted molar refractivity (Wildman–Crippen MR) is 90.5 cm³/mol. The molecule has 2 heterocycles. The van der Waals surface area contributed by atoms with Gasteiger partial charge in [0.25, 0.3) is 0 Å². The van der Waals surface area contributed by atoms with Gasteiger partial charge in [-0.2, -0.15) is 4.99 Å². The molecule has 0 bridgehead atoms. The lowest BCUT2D eigenvalue weighted by atomic mass is 10.1. The Morgan fingerprint density at radius 2 is 1.95 bits per heavy atom. The molecule has 0 amide bonds. The molecule has 5 nitrogen and oxygen atoms in total. The van der Waals surface area contributed by atoms with Crippen molar-refractivity contribution >= 4 is 28.2 Å². The molecular weight excluding hydrogens is 294 g/mol. The number of aliphatic imine (C=N–C) groups is 1. The van der Waals surface area contributed by atoms with Crippen molar-refractivity contribution in [1.29, 1.82) is 0 Å². The Bertz CT molecular complexity index is 753. The number of thiazole rings is 1. The van der Waals surface area contributed by atoms with Crippen molar-refractivity contribution in [1.82, 2.24) is 9.97 Å². The summed E-state index contributed by atoms with van der Waals surface area (Å²) in [6.07, 6.45) is 4.20. The van der Waals surface area contributed by atoms with Crippen LogP contribution in [0.15, 0.2) is 65.2 Å². The lowest BCUT2D eigenvalue weighted by Crippen LogP contribution is -2.23. The van der Waals surface area contributed by atoms with E-state index < -0.39 is 0 Å². The number of anilines is 1. The minimum atomic E-state index is 0.281. The highest BCUT2D eigenvalue weighted by Gasteiger charge is 2.06. The van der Waals surface area contributed by atoms with Gasteiger partial charge >= 0.3 is 0 Å².